The second kappa shape index (κ2) is 5.95. The highest BCUT2D eigenvalue weighted by atomic mass is 16.5. The number of aliphatic hydroxyl groups is 2. The molecule has 0 saturated carbocycles. The highest BCUT2D eigenvalue weighted by molar-refractivity contribution is 5.93. The number of carbonyl (C=O) groups is 1. The standard InChI is InChI=1S/C16H16O5/c1-21-12-7-8-13(14(18)9-12)16(20,15(19)10-17)11-5-3-2-4-6-11/h2-9,17-18,20H,10H2,1H3. The number of Topliss-reactive ketones (excluding diaryl/α,β-unsaturated/α-hetero) is 1. The number of phenolic OH excluding ortho intramolecular Hbond substituents is 1. The predicted octanol–water partition coefficient (Wildman–Crippen LogP) is 1.20. The lowest BCUT2D eigenvalue weighted by atomic mass is 9.82. The third-order valence-corrected chi connectivity index (χ3v) is 3.33. The smallest absolute Gasteiger partial charge is 0.198 e. The zero-order valence-corrected chi connectivity index (χ0v) is 11.5. The molecule has 0 saturated heterocycles. The van der Waals surface area contributed by atoms with Crippen molar-refractivity contribution < 1.29 is 24.9 Å². The second-order valence-corrected chi connectivity index (χ2v) is 4.54. The molecule has 0 bridgehead atoms. The molecule has 0 aromatic heterocycles. The Morgan fingerprint density at radius 2 is 1.86 bits per heavy atom. The van der Waals surface area contributed by atoms with Gasteiger partial charge in [0.2, 0.25) is 0 Å². The summed E-state index contributed by atoms with van der Waals surface area (Å²) < 4.78 is 4.98. The molecule has 2 aromatic rings. The molecule has 0 spiro atoms. The number of aromatic hydroxyl groups is 1. The van der Waals surface area contributed by atoms with Crippen LogP contribution >= 0.6 is 0 Å². The van der Waals surface area contributed by atoms with Crippen LogP contribution in [-0.4, -0.2) is 34.8 Å². The molecule has 5 nitrogen and oxygen atoms in total. The van der Waals surface area contributed by atoms with Gasteiger partial charge in [-0.05, 0) is 17.7 Å². The van der Waals surface area contributed by atoms with Gasteiger partial charge in [0.25, 0.3) is 0 Å². The third-order valence-electron chi connectivity index (χ3n) is 3.33. The largest absolute Gasteiger partial charge is 0.507 e. The molecule has 2 aromatic carbocycles. The van der Waals surface area contributed by atoms with E-state index in [4.69, 9.17) is 9.84 Å². The summed E-state index contributed by atoms with van der Waals surface area (Å²) in [6.07, 6.45) is 0. The van der Waals surface area contributed by atoms with Crippen LogP contribution in [-0.2, 0) is 10.4 Å². The van der Waals surface area contributed by atoms with E-state index in [0.29, 0.717) is 5.75 Å². The molecule has 0 radical (unpaired) electrons. The fourth-order valence-electron chi connectivity index (χ4n) is 2.20. The highest BCUT2D eigenvalue weighted by Crippen LogP contribution is 2.37. The van der Waals surface area contributed by atoms with Crippen molar-refractivity contribution in [2.45, 2.75) is 5.60 Å². The maximum atomic E-state index is 12.1. The molecule has 0 aliphatic heterocycles. The van der Waals surface area contributed by atoms with Crippen LogP contribution in [0.4, 0.5) is 0 Å². The van der Waals surface area contributed by atoms with Crippen LogP contribution in [0.2, 0.25) is 0 Å². The first kappa shape index (κ1) is 15.0. The zero-order chi connectivity index (χ0) is 15.5. The number of phenols is 1. The van der Waals surface area contributed by atoms with Gasteiger partial charge < -0.3 is 20.1 Å². The van der Waals surface area contributed by atoms with Crippen LogP contribution in [0.25, 0.3) is 0 Å². The molecule has 0 amide bonds. The number of carbonyl (C=O) groups excluding carboxylic acids is 1. The van der Waals surface area contributed by atoms with Crippen molar-refractivity contribution in [1.82, 2.24) is 0 Å². The van der Waals surface area contributed by atoms with E-state index in [9.17, 15) is 15.0 Å². The van der Waals surface area contributed by atoms with Gasteiger partial charge in [0.05, 0.1) is 7.11 Å². The van der Waals surface area contributed by atoms with Crippen LogP contribution < -0.4 is 4.74 Å². The van der Waals surface area contributed by atoms with Crippen molar-refractivity contribution in [2.24, 2.45) is 0 Å². The first-order valence-electron chi connectivity index (χ1n) is 6.33. The first-order chi connectivity index (χ1) is 10.0. The summed E-state index contributed by atoms with van der Waals surface area (Å²) in [7, 11) is 1.44. The number of methoxy groups -OCH3 is 1. The summed E-state index contributed by atoms with van der Waals surface area (Å²) in [6.45, 7) is -0.850. The lowest BCUT2D eigenvalue weighted by Crippen LogP contribution is -2.39. The van der Waals surface area contributed by atoms with Gasteiger partial charge in [-0.2, -0.15) is 0 Å². The van der Waals surface area contributed by atoms with Gasteiger partial charge in [-0.25, -0.2) is 0 Å². The van der Waals surface area contributed by atoms with E-state index in [1.165, 1.54) is 25.3 Å². The summed E-state index contributed by atoms with van der Waals surface area (Å²) in [5.74, 6) is -0.722. The van der Waals surface area contributed by atoms with E-state index in [0.717, 1.165) is 0 Å². The van der Waals surface area contributed by atoms with Crippen LogP contribution in [0.1, 0.15) is 11.1 Å². The predicted molar refractivity (Wildman–Crippen MR) is 76.2 cm³/mol. The summed E-state index contributed by atoms with van der Waals surface area (Å²) >= 11 is 0. The Balaban J connectivity index is 2.64. The van der Waals surface area contributed by atoms with Crippen molar-refractivity contribution in [2.75, 3.05) is 13.7 Å². The van der Waals surface area contributed by atoms with Crippen molar-refractivity contribution in [3.8, 4) is 11.5 Å². The quantitative estimate of drug-likeness (QED) is 0.769. The van der Waals surface area contributed by atoms with Crippen molar-refractivity contribution >= 4 is 5.78 Å². The minimum atomic E-state index is -2.12. The Hall–Kier alpha value is -2.37. The number of ketones is 1. The highest BCUT2D eigenvalue weighted by Gasteiger charge is 2.41. The van der Waals surface area contributed by atoms with E-state index in [-0.39, 0.29) is 16.9 Å². The molecule has 2 rings (SSSR count). The van der Waals surface area contributed by atoms with E-state index >= 15 is 0 Å². The first-order valence-corrected chi connectivity index (χ1v) is 6.33. The number of aliphatic hydroxyl groups excluding tert-OH is 1. The number of ether oxygens (including phenoxy) is 1. The maximum Gasteiger partial charge on any atom is 0.198 e. The van der Waals surface area contributed by atoms with Crippen LogP contribution in [0.5, 0.6) is 11.5 Å². The molecule has 5 heteroatoms. The van der Waals surface area contributed by atoms with Crippen molar-refractivity contribution in [3.05, 3.63) is 59.7 Å². The van der Waals surface area contributed by atoms with E-state index < -0.39 is 18.0 Å². The average molecular weight is 288 g/mol. The van der Waals surface area contributed by atoms with Gasteiger partial charge in [0.15, 0.2) is 11.4 Å². The molecule has 0 aliphatic rings. The molecular weight excluding hydrogens is 272 g/mol. The average Bonchev–Trinajstić information content (AvgIpc) is 2.54. The molecule has 0 fully saturated rings. The lowest BCUT2D eigenvalue weighted by molar-refractivity contribution is -0.137. The zero-order valence-electron chi connectivity index (χ0n) is 11.5. The Labute approximate surface area is 122 Å². The van der Waals surface area contributed by atoms with Crippen LogP contribution in [0.3, 0.4) is 0 Å². The van der Waals surface area contributed by atoms with E-state index in [2.05, 4.69) is 0 Å². The SMILES string of the molecule is COc1ccc(C(O)(C(=O)CO)c2ccccc2)c(O)c1. The number of benzene rings is 2. The monoisotopic (exact) mass is 288 g/mol. The number of hydrogen-bond acceptors (Lipinski definition) is 5. The van der Waals surface area contributed by atoms with Crippen molar-refractivity contribution in [3.63, 3.8) is 0 Å². The maximum absolute atomic E-state index is 12.1. The Bertz CT molecular complexity index is 638. The summed E-state index contributed by atoms with van der Waals surface area (Å²) in [6, 6.07) is 12.4. The van der Waals surface area contributed by atoms with Crippen molar-refractivity contribution in [1.29, 1.82) is 0 Å². The normalized spacial score (nSPS) is 13.5. The topological polar surface area (TPSA) is 87.0 Å². The van der Waals surface area contributed by atoms with Gasteiger partial charge in [-0.3, -0.25) is 4.79 Å². The molecule has 21 heavy (non-hydrogen) atoms. The Kier molecular flexibility index (Phi) is 4.26. The van der Waals surface area contributed by atoms with Gasteiger partial charge in [0, 0.05) is 11.6 Å². The van der Waals surface area contributed by atoms with E-state index in [1.807, 2.05) is 0 Å². The summed E-state index contributed by atoms with van der Waals surface area (Å²) in [5, 5.41) is 30.1. The molecule has 1 atom stereocenters. The minimum Gasteiger partial charge on any atom is -0.507 e. The van der Waals surface area contributed by atoms with Gasteiger partial charge in [0.1, 0.15) is 18.1 Å². The van der Waals surface area contributed by atoms with Crippen LogP contribution in [0.15, 0.2) is 48.5 Å². The summed E-state index contributed by atoms with van der Waals surface area (Å²) in [4.78, 5) is 12.1. The molecule has 0 aliphatic carbocycles. The minimum absolute atomic E-state index is 0.00597. The molecular formula is C16H16O5. The third kappa shape index (κ3) is 2.61. The molecule has 3 N–H and O–H groups in total. The molecule has 110 valence electrons. The van der Waals surface area contributed by atoms with Gasteiger partial charge in [-0.15, -0.1) is 0 Å². The number of rotatable bonds is 5. The summed E-state index contributed by atoms with van der Waals surface area (Å²) in [5.41, 5.74) is -1.86. The second-order valence-electron chi connectivity index (χ2n) is 4.54. The fourth-order valence-corrected chi connectivity index (χ4v) is 2.20. The Morgan fingerprint density at radius 3 is 2.38 bits per heavy atom. The number of hydrogen-bond donors (Lipinski definition) is 3. The lowest BCUT2D eigenvalue weighted by Gasteiger charge is -2.28. The van der Waals surface area contributed by atoms with E-state index in [1.54, 1.807) is 30.3 Å². The molecule has 0 heterocycles. The molecule has 1 unspecified atom stereocenters. The van der Waals surface area contributed by atoms with Gasteiger partial charge >= 0.3 is 0 Å². The Morgan fingerprint density at radius 1 is 1.19 bits per heavy atom. The van der Waals surface area contributed by atoms with Gasteiger partial charge in [-0.1, -0.05) is 30.3 Å². The van der Waals surface area contributed by atoms with Crippen LogP contribution in [0, 0.1) is 0 Å². The fraction of sp³-hybridized carbons (Fsp3) is 0.188.